The molecule has 1 N–H and O–H groups in total. The van der Waals surface area contributed by atoms with Crippen LogP contribution in [0.15, 0.2) is 42.5 Å². The normalized spacial score (nSPS) is 20.6. The molecule has 0 spiro atoms. The van der Waals surface area contributed by atoms with Gasteiger partial charge >= 0.3 is 0 Å². The Labute approximate surface area is 129 Å². The number of likely N-dealkylation sites (N-methyl/N-ethyl adjacent to an activating group) is 1. The fourth-order valence-corrected chi connectivity index (χ4v) is 2.92. The van der Waals surface area contributed by atoms with E-state index in [4.69, 9.17) is 0 Å². The van der Waals surface area contributed by atoms with Gasteiger partial charge in [0.2, 0.25) is 0 Å². The fourth-order valence-electron chi connectivity index (χ4n) is 2.92. The molecule has 0 saturated carbocycles. The Hall–Kier alpha value is -1.16. The maximum absolute atomic E-state index is 4.25. The topological polar surface area (TPSA) is 18.5 Å². The van der Waals surface area contributed by atoms with Crippen LogP contribution in [0.5, 0.6) is 0 Å². The Morgan fingerprint density at radius 2 is 2.05 bits per heavy atom. The molecular formula is C18H29N3. The Morgan fingerprint density at radius 3 is 2.76 bits per heavy atom. The minimum absolute atomic E-state index is 0.480. The Morgan fingerprint density at radius 1 is 1.29 bits per heavy atom. The highest BCUT2D eigenvalue weighted by atomic mass is 15.3. The summed E-state index contributed by atoms with van der Waals surface area (Å²) >= 11 is 0. The van der Waals surface area contributed by atoms with Gasteiger partial charge in [0.1, 0.15) is 0 Å². The Balaban J connectivity index is 1.97. The molecule has 1 heterocycles. The molecule has 3 nitrogen and oxygen atoms in total. The van der Waals surface area contributed by atoms with Gasteiger partial charge in [-0.3, -0.25) is 4.90 Å². The summed E-state index contributed by atoms with van der Waals surface area (Å²) < 4.78 is 0. The van der Waals surface area contributed by atoms with Gasteiger partial charge in [0.25, 0.3) is 0 Å². The minimum Gasteiger partial charge on any atom is -0.313 e. The van der Waals surface area contributed by atoms with E-state index in [1.165, 1.54) is 17.6 Å². The molecule has 2 rings (SSSR count). The van der Waals surface area contributed by atoms with Crippen molar-refractivity contribution in [2.24, 2.45) is 0 Å². The smallest absolute Gasteiger partial charge is 0.0479 e. The molecule has 0 radical (unpaired) electrons. The van der Waals surface area contributed by atoms with E-state index >= 15 is 0 Å². The molecule has 0 amide bonds. The summed E-state index contributed by atoms with van der Waals surface area (Å²) in [6.45, 7) is 12.8. The summed E-state index contributed by atoms with van der Waals surface area (Å²) in [7, 11) is 2.21. The van der Waals surface area contributed by atoms with Gasteiger partial charge in [-0.2, -0.15) is 0 Å². The first-order valence-corrected chi connectivity index (χ1v) is 8.05. The SMILES string of the molecule is C=C(CNCCC)CN1CCN(C)CC1c1ccccc1. The van der Waals surface area contributed by atoms with Crippen LogP contribution in [-0.4, -0.2) is 56.1 Å². The molecule has 1 fully saturated rings. The molecule has 116 valence electrons. The van der Waals surface area contributed by atoms with Crippen LogP contribution in [0.4, 0.5) is 0 Å². The zero-order valence-electron chi connectivity index (χ0n) is 13.5. The standard InChI is InChI=1S/C18H29N3/c1-4-10-19-13-16(2)14-21-12-11-20(3)15-18(21)17-8-6-5-7-9-17/h5-9,18-19H,2,4,10-15H2,1,3H3. The maximum Gasteiger partial charge on any atom is 0.0479 e. The number of hydrogen-bond acceptors (Lipinski definition) is 3. The molecule has 1 unspecified atom stereocenters. The van der Waals surface area contributed by atoms with Crippen molar-refractivity contribution < 1.29 is 0 Å². The quantitative estimate of drug-likeness (QED) is 0.614. The van der Waals surface area contributed by atoms with Crippen LogP contribution in [0.3, 0.4) is 0 Å². The third-order valence-corrected chi connectivity index (χ3v) is 4.11. The third-order valence-electron chi connectivity index (χ3n) is 4.11. The second-order valence-corrected chi connectivity index (χ2v) is 6.09. The number of rotatable bonds is 7. The summed E-state index contributed by atoms with van der Waals surface area (Å²) in [6.07, 6.45) is 1.18. The third kappa shape index (κ3) is 4.95. The number of benzene rings is 1. The highest BCUT2D eigenvalue weighted by Crippen LogP contribution is 2.25. The molecule has 0 bridgehead atoms. The van der Waals surface area contributed by atoms with E-state index in [-0.39, 0.29) is 0 Å². The second-order valence-electron chi connectivity index (χ2n) is 6.09. The molecule has 1 atom stereocenters. The van der Waals surface area contributed by atoms with Gasteiger partial charge in [-0.05, 0) is 31.1 Å². The number of hydrogen-bond donors (Lipinski definition) is 1. The van der Waals surface area contributed by atoms with Gasteiger partial charge in [0.15, 0.2) is 0 Å². The van der Waals surface area contributed by atoms with Gasteiger partial charge in [0, 0.05) is 38.8 Å². The van der Waals surface area contributed by atoms with E-state index in [1.54, 1.807) is 0 Å². The largest absolute Gasteiger partial charge is 0.313 e. The van der Waals surface area contributed by atoms with Crippen LogP contribution in [0, 0.1) is 0 Å². The molecule has 1 aromatic carbocycles. The monoisotopic (exact) mass is 287 g/mol. The van der Waals surface area contributed by atoms with Crippen LogP contribution in [0.25, 0.3) is 0 Å². The van der Waals surface area contributed by atoms with E-state index in [0.717, 1.165) is 39.3 Å². The predicted octanol–water partition coefficient (Wildman–Crippen LogP) is 2.53. The number of nitrogens with one attached hydrogen (secondary N) is 1. The van der Waals surface area contributed by atoms with Crippen LogP contribution in [-0.2, 0) is 0 Å². The van der Waals surface area contributed by atoms with Crippen molar-refractivity contribution in [3.05, 3.63) is 48.0 Å². The molecule has 1 saturated heterocycles. The zero-order valence-corrected chi connectivity index (χ0v) is 13.5. The molecule has 3 heteroatoms. The van der Waals surface area contributed by atoms with E-state index in [2.05, 4.69) is 66.0 Å². The summed E-state index contributed by atoms with van der Waals surface area (Å²) in [5.41, 5.74) is 2.70. The van der Waals surface area contributed by atoms with Crippen molar-refractivity contribution in [1.82, 2.24) is 15.1 Å². The van der Waals surface area contributed by atoms with Crippen molar-refractivity contribution >= 4 is 0 Å². The van der Waals surface area contributed by atoms with Gasteiger partial charge < -0.3 is 10.2 Å². The van der Waals surface area contributed by atoms with Crippen molar-refractivity contribution in [3.8, 4) is 0 Å². The van der Waals surface area contributed by atoms with Crippen molar-refractivity contribution in [1.29, 1.82) is 0 Å². The lowest BCUT2D eigenvalue weighted by Gasteiger charge is -2.40. The van der Waals surface area contributed by atoms with E-state index in [0.29, 0.717) is 6.04 Å². The van der Waals surface area contributed by atoms with Crippen LogP contribution in [0.1, 0.15) is 24.9 Å². The van der Waals surface area contributed by atoms with E-state index < -0.39 is 0 Å². The average Bonchev–Trinajstić information content (AvgIpc) is 2.50. The first-order chi connectivity index (χ1) is 10.2. The first kappa shape index (κ1) is 16.2. The van der Waals surface area contributed by atoms with E-state index in [1.807, 2.05) is 0 Å². The highest BCUT2D eigenvalue weighted by molar-refractivity contribution is 5.20. The Bertz CT molecular complexity index is 429. The van der Waals surface area contributed by atoms with Crippen molar-refractivity contribution in [3.63, 3.8) is 0 Å². The molecule has 1 aliphatic rings. The minimum atomic E-state index is 0.480. The van der Waals surface area contributed by atoms with Crippen LogP contribution in [0.2, 0.25) is 0 Å². The molecule has 1 aliphatic heterocycles. The summed E-state index contributed by atoms with van der Waals surface area (Å²) in [5, 5.41) is 3.45. The van der Waals surface area contributed by atoms with Crippen molar-refractivity contribution in [2.45, 2.75) is 19.4 Å². The number of piperazine rings is 1. The zero-order chi connectivity index (χ0) is 15.1. The fraction of sp³-hybridized carbons (Fsp3) is 0.556. The van der Waals surface area contributed by atoms with Gasteiger partial charge in [-0.15, -0.1) is 0 Å². The average molecular weight is 287 g/mol. The molecule has 0 aromatic heterocycles. The van der Waals surface area contributed by atoms with Crippen LogP contribution >= 0.6 is 0 Å². The summed E-state index contributed by atoms with van der Waals surface area (Å²) in [5.74, 6) is 0. The second kappa shape index (κ2) is 8.32. The highest BCUT2D eigenvalue weighted by Gasteiger charge is 2.26. The lowest BCUT2D eigenvalue weighted by Crippen LogP contribution is -2.47. The predicted molar refractivity (Wildman–Crippen MR) is 90.6 cm³/mol. The lowest BCUT2D eigenvalue weighted by atomic mass is 10.0. The maximum atomic E-state index is 4.25. The molecular weight excluding hydrogens is 258 g/mol. The number of nitrogens with zero attached hydrogens (tertiary/aromatic N) is 2. The molecule has 0 aliphatic carbocycles. The van der Waals surface area contributed by atoms with Gasteiger partial charge in [-0.1, -0.05) is 43.8 Å². The summed E-state index contributed by atoms with van der Waals surface area (Å²) in [6, 6.07) is 11.3. The van der Waals surface area contributed by atoms with E-state index in [9.17, 15) is 0 Å². The first-order valence-electron chi connectivity index (χ1n) is 8.05. The van der Waals surface area contributed by atoms with Gasteiger partial charge in [0.05, 0.1) is 0 Å². The van der Waals surface area contributed by atoms with Crippen LogP contribution < -0.4 is 5.32 Å². The van der Waals surface area contributed by atoms with Crippen molar-refractivity contribution in [2.75, 3.05) is 46.3 Å². The van der Waals surface area contributed by atoms with Gasteiger partial charge in [-0.25, -0.2) is 0 Å². The summed E-state index contributed by atoms with van der Waals surface area (Å²) in [4.78, 5) is 5.00. The Kier molecular flexibility index (Phi) is 6.43. The molecule has 21 heavy (non-hydrogen) atoms. The molecule has 1 aromatic rings. The lowest BCUT2D eigenvalue weighted by molar-refractivity contribution is 0.0983.